The fraction of sp³-hybridized carbons (Fsp3) is 1.00. The van der Waals surface area contributed by atoms with Gasteiger partial charge in [-0.3, -0.25) is 0 Å². The average molecular weight is 194 g/mol. The first-order valence-corrected chi connectivity index (χ1v) is 3.93. The van der Waals surface area contributed by atoms with Gasteiger partial charge in [0, 0.05) is 7.11 Å². The summed E-state index contributed by atoms with van der Waals surface area (Å²) in [6.07, 6.45) is -8.48. The van der Waals surface area contributed by atoms with E-state index in [2.05, 4.69) is 4.74 Å². The van der Waals surface area contributed by atoms with Gasteiger partial charge >= 0.3 is 0 Å². The summed E-state index contributed by atoms with van der Waals surface area (Å²) in [6, 6.07) is 0. The molecule has 1 rings (SSSR count). The fourth-order valence-corrected chi connectivity index (χ4v) is 1.48. The topological polar surface area (TPSA) is 110 Å². The van der Waals surface area contributed by atoms with E-state index in [1.807, 2.05) is 0 Å². The van der Waals surface area contributed by atoms with E-state index in [9.17, 15) is 20.4 Å². The van der Waals surface area contributed by atoms with Crippen LogP contribution in [0.1, 0.15) is 0 Å². The van der Waals surface area contributed by atoms with E-state index in [0.29, 0.717) is 0 Å². The molecular formula is C7H14O6. The van der Waals surface area contributed by atoms with E-state index < -0.39 is 36.6 Å². The molecule has 78 valence electrons. The van der Waals surface area contributed by atoms with Crippen LogP contribution in [0, 0.1) is 0 Å². The maximum atomic E-state index is 9.29. The van der Waals surface area contributed by atoms with E-state index >= 15 is 0 Å². The van der Waals surface area contributed by atoms with Gasteiger partial charge in [-0.2, -0.15) is 0 Å². The van der Waals surface area contributed by atoms with Crippen LogP contribution in [0.3, 0.4) is 0 Å². The summed E-state index contributed by atoms with van der Waals surface area (Å²) < 4.78 is 4.67. The monoisotopic (exact) mass is 194 g/mol. The van der Waals surface area contributed by atoms with Crippen LogP contribution in [-0.4, -0.2) is 69.3 Å². The van der Waals surface area contributed by atoms with Gasteiger partial charge in [0.1, 0.15) is 36.6 Å². The molecule has 0 bridgehead atoms. The number of hydrogen-bond donors (Lipinski definition) is 5. The molecule has 0 aromatic rings. The quantitative estimate of drug-likeness (QED) is 0.301. The predicted octanol–water partition coefficient (Wildman–Crippen LogP) is -3.18. The van der Waals surface area contributed by atoms with Gasteiger partial charge < -0.3 is 30.3 Å². The van der Waals surface area contributed by atoms with Crippen molar-refractivity contribution in [1.29, 1.82) is 0 Å². The Hall–Kier alpha value is -0.240. The number of rotatable bonds is 1. The minimum atomic E-state index is -1.56. The van der Waals surface area contributed by atoms with Crippen molar-refractivity contribution >= 4 is 0 Å². The zero-order valence-corrected chi connectivity index (χ0v) is 7.11. The van der Waals surface area contributed by atoms with Crippen molar-refractivity contribution in [3.05, 3.63) is 0 Å². The molecule has 1 aliphatic carbocycles. The summed E-state index contributed by atoms with van der Waals surface area (Å²) in [5.74, 6) is 0. The molecule has 0 heterocycles. The second-order valence-electron chi connectivity index (χ2n) is 3.15. The molecule has 1 fully saturated rings. The molecular weight excluding hydrogens is 180 g/mol. The zero-order valence-electron chi connectivity index (χ0n) is 7.11. The highest BCUT2D eigenvalue weighted by molar-refractivity contribution is 4.99. The molecule has 5 N–H and O–H groups in total. The summed E-state index contributed by atoms with van der Waals surface area (Å²) in [7, 11) is 1.23. The number of methoxy groups -OCH3 is 1. The molecule has 0 aromatic heterocycles. The fourth-order valence-electron chi connectivity index (χ4n) is 1.48. The normalized spacial score (nSPS) is 52.2. The first-order chi connectivity index (χ1) is 6.00. The number of aliphatic hydroxyl groups is 5. The molecule has 1 aliphatic rings. The molecule has 6 atom stereocenters. The lowest BCUT2D eigenvalue weighted by molar-refractivity contribution is -0.229. The van der Waals surface area contributed by atoms with Gasteiger partial charge in [-0.1, -0.05) is 0 Å². The summed E-state index contributed by atoms with van der Waals surface area (Å²) in [5.41, 5.74) is 0. The average Bonchev–Trinajstić information content (AvgIpc) is 2.13. The Labute approximate surface area is 75.0 Å². The van der Waals surface area contributed by atoms with E-state index in [4.69, 9.17) is 5.11 Å². The van der Waals surface area contributed by atoms with E-state index in [1.165, 1.54) is 7.11 Å². The van der Waals surface area contributed by atoms with Gasteiger partial charge in [0.15, 0.2) is 0 Å². The number of ether oxygens (including phenoxy) is 1. The maximum Gasteiger partial charge on any atom is 0.114 e. The maximum absolute atomic E-state index is 9.29. The minimum Gasteiger partial charge on any atom is -0.387 e. The van der Waals surface area contributed by atoms with Gasteiger partial charge in [0.2, 0.25) is 0 Å². The zero-order chi connectivity index (χ0) is 10.2. The summed E-state index contributed by atoms with van der Waals surface area (Å²) in [4.78, 5) is 0. The largest absolute Gasteiger partial charge is 0.387 e. The Morgan fingerprint density at radius 3 is 1.31 bits per heavy atom. The third-order valence-electron chi connectivity index (χ3n) is 2.35. The highest BCUT2D eigenvalue weighted by atomic mass is 16.5. The molecule has 0 radical (unpaired) electrons. The van der Waals surface area contributed by atoms with Gasteiger partial charge in [-0.05, 0) is 0 Å². The van der Waals surface area contributed by atoms with Crippen molar-refractivity contribution in [2.24, 2.45) is 0 Å². The predicted molar refractivity (Wildman–Crippen MR) is 40.8 cm³/mol. The molecule has 0 aromatic carbocycles. The lowest BCUT2D eigenvalue weighted by Gasteiger charge is -2.40. The van der Waals surface area contributed by atoms with Crippen molar-refractivity contribution in [1.82, 2.24) is 0 Å². The SMILES string of the molecule is COC1[C@H](O)[C@H](O)C(O)[C@H](O)[C@H]1O. The van der Waals surface area contributed by atoms with Gasteiger partial charge in [-0.25, -0.2) is 0 Å². The number of aliphatic hydroxyl groups excluding tert-OH is 5. The Morgan fingerprint density at radius 1 is 0.692 bits per heavy atom. The van der Waals surface area contributed by atoms with E-state index in [0.717, 1.165) is 0 Å². The van der Waals surface area contributed by atoms with Gasteiger partial charge in [0.25, 0.3) is 0 Å². The van der Waals surface area contributed by atoms with Crippen LogP contribution >= 0.6 is 0 Å². The molecule has 0 saturated heterocycles. The van der Waals surface area contributed by atoms with Crippen LogP contribution in [-0.2, 0) is 4.74 Å². The van der Waals surface area contributed by atoms with Crippen molar-refractivity contribution in [3.63, 3.8) is 0 Å². The molecule has 2 unspecified atom stereocenters. The smallest absolute Gasteiger partial charge is 0.114 e. The second kappa shape index (κ2) is 3.87. The molecule has 1 saturated carbocycles. The van der Waals surface area contributed by atoms with Crippen molar-refractivity contribution < 1.29 is 30.3 Å². The Bertz CT molecular complexity index is 158. The molecule has 13 heavy (non-hydrogen) atoms. The molecule has 6 heteroatoms. The first kappa shape index (κ1) is 10.8. The standard InChI is InChI=1S/C7H14O6/c1-13-7-5(11)3(9)2(8)4(10)6(7)12/h2-12H,1H3/t2?,3-,4+,5-,6-,7?/m1/s1. The van der Waals surface area contributed by atoms with Gasteiger partial charge in [-0.15, -0.1) is 0 Å². The van der Waals surface area contributed by atoms with Crippen LogP contribution < -0.4 is 0 Å². The van der Waals surface area contributed by atoms with Crippen LogP contribution in [0.5, 0.6) is 0 Å². The number of hydrogen-bond acceptors (Lipinski definition) is 6. The van der Waals surface area contributed by atoms with Crippen molar-refractivity contribution in [2.75, 3.05) is 7.11 Å². The summed E-state index contributed by atoms with van der Waals surface area (Å²) in [5, 5.41) is 46.1. The lowest BCUT2D eigenvalue weighted by Crippen LogP contribution is -2.64. The highest BCUT2D eigenvalue weighted by Gasteiger charge is 2.48. The summed E-state index contributed by atoms with van der Waals surface area (Å²) >= 11 is 0. The third kappa shape index (κ3) is 1.69. The Balaban J connectivity index is 2.79. The van der Waals surface area contributed by atoms with Crippen LogP contribution in [0.25, 0.3) is 0 Å². The van der Waals surface area contributed by atoms with Crippen LogP contribution in [0.4, 0.5) is 0 Å². The van der Waals surface area contributed by atoms with E-state index in [-0.39, 0.29) is 0 Å². The molecule has 6 nitrogen and oxygen atoms in total. The second-order valence-corrected chi connectivity index (χ2v) is 3.15. The van der Waals surface area contributed by atoms with Crippen LogP contribution in [0.15, 0.2) is 0 Å². The molecule has 0 aliphatic heterocycles. The first-order valence-electron chi connectivity index (χ1n) is 3.93. The van der Waals surface area contributed by atoms with Crippen molar-refractivity contribution in [2.45, 2.75) is 36.6 Å². The highest BCUT2D eigenvalue weighted by Crippen LogP contribution is 2.23. The van der Waals surface area contributed by atoms with Gasteiger partial charge in [0.05, 0.1) is 0 Å². The summed E-state index contributed by atoms with van der Waals surface area (Å²) in [6.45, 7) is 0. The Kier molecular flexibility index (Phi) is 3.23. The molecule has 0 spiro atoms. The van der Waals surface area contributed by atoms with Crippen molar-refractivity contribution in [3.8, 4) is 0 Å². The Morgan fingerprint density at radius 2 is 1.00 bits per heavy atom. The van der Waals surface area contributed by atoms with E-state index in [1.54, 1.807) is 0 Å². The lowest BCUT2D eigenvalue weighted by atomic mass is 9.85. The third-order valence-corrected chi connectivity index (χ3v) is 2.35. The van der Waals surface area contributed by atoms with Crippen LogP contribution in [0.2, 0.25) is 0 Å². The minimum absolute atomic E-state index is 1.09. The molecule has 0 amide bonds.